The number of carboxylic acid groups (broad SMARTS) is 1. The van der Waals surface area contributed by atoms with Gasteiger partial charge in [-0.2, -0.15) is 0 Å². The van der Waals surface area contributed by atoms with Gasteiger partial charge in [0.05, 0.1) is 5.92 Å². The Balaban J connectivity index is 2.17. The molecule has 2 rings (SSSR count). The largest absolute Gasteiger partial charge is 0.481 e. The predicted octanol–water partition coefficient (Wildman–Crippen LogP) is 3.34. The zero-order chi connectivity index (χ0) is 14.0. The SMILES string of the molecule is CC(C(=O)O)c1ccc(C2CCN(C)CC2)c(Cl)c1. The van der Waals surface area contributed by atoms with Crippen molar-refractivity contribution in [1.82, 2.24) is 4.90 Å². The first-order chi connectivity index (χ1) is 8.99. The standard InChI is InChI=1S/C15H20ClNO2/c1-10(15(18)19)12-3-4-13(14(16)9-12)11-5-7-17(2)8-6-11/h3-4,9-11H,5-8H2,1-2H3,(H,18,19). The number of rotatable bonds is 3. The van der Waals surface area contributed by atoms with Crippen LogP contribution in [0.3, 0.4) is 0 Å². The molecule has 1 N–H and O–H groups in total. The van der Waals surface area contributed by atoms with Crippen LogP contribution in [-0.4, -0.2) is 36.1 Å². The molecule has 1 heterocycles. The number of likely N-dealkylation sites (tertiary alicyclic amines) is 1. The van der Waals surface area contributed by atoms with E-state index in [4.69, 9.17) is 16.7 Å². The first-order valence-corrected chi connectivity index (χ1v) is 7.07. The smallest absolute Gasteiger partial charge is 0.310 e. The van der Waals surface area contributed by atoms with Gasteiger partial charge in [-0.25, -0.2) is 0 Å². The molecule has 4 heteroatoms. The van der Waals surface area contributed by atoms with Crippen LogP contribution in [0.1, 0.15) is 42.7 Å². The van der Waals surface area contributed by atoms with Crippen LogP contribution >= 0.6 is 11.6 Å². The molecule has 0 spiro atoms. The van der Waals surface area contributed by atoms with Crippen LogP contribution in [0.15, 0.2) is 18.2 Å². The summed E-state index contributed by atoms with van der Waals surface area (Å²) in [5, 5.41) is 9.73. The van der Waals surface area contributed by atoms with Crippen molar-refractivity contribution in [3.8, 4) is 0 Å². The van der Waals surface area contributed by atoms with Crippen molar-refractivity contribution in [3.63, 3.8) is 0 Å². The molecule has 1 aliphatic heterocycles. The maximum Gasteiger partial charge on any atom is 0.310 e. The normalized spacial score (nSPS) is 19.3. The zero-order valence-electron chi connectivity index (χ0n) is 11.4. The number of nitrogens with zero attached hydrogens (tertiary/aromatic N) is 1. The molecule has 104 valence electrons. The summed E-state index contributed by atoms with van der Waals surface area (Å²) in [6.07, 6.45) is 2.23. The van der Waals surface area contributed by atoms with Crippen molar-refractivity contribution in [2.45, 2.75) is 31.6 Å². The fraction of sp³-hybridized carbons (Fsp3) is 0.533. The lowest BCUT2D eigenvalue weighted by Gasteiger charge is -2.29. The first-order valence-electron chi connectivity index (χ1n) is 6.69. The highest BCUT2D eigenvalue weighted by Gasteiger charge is 2.22. The van der Waals surface area contributed by atoms with E-state index >= 15 is 0 Å². The Kier molecular flexibility index (Phi) is 4.48. The van der Waals surface area contributed by atoms with Crippen LogP contribution in [0.5, 0.6) is 0 Å². The summed E-state index contributed by atoms with van der Waals surface area (Å²) in [5.41, 5.74) is 1.94. The second kappa shape index (κ2) is 5.93. The molecular weight excluding hydrogens is 262 g/mol. The molecule has 0 aliphatic carbocycles. The van der Waals surface area contributed by atoms with Crippen LogP contribution < -0.4 is 0 Å². The molecule has 0 saturated carbocycles. The highest BCUT2D eigenvalue weighted by Crippen LogP contribution is 2.34. The predicted molar refractivity (Wildman–Crippen MR) is 77.0 cm³/mol. The molecule has 1 aromatic rings. The average Bonchev–Trinajstić information content (AvgIpc) is 2.39. The van der Waals surface area contributed by atoms with Gasteiger partial charge in [0.1, 0.15) is 0 Å². The van der Waals surface area contributed by atoms with Gasteiger partial charge >= 0.3 is 5.97 Å². The first kappa shape index (κ1) is 14.4. The van der Waals surface area contributed by atoms with E-state index in [1.54, 1.807) is 6.92 Å². The second-order valence-corrected chi connectivity index (χ2v) is 5.83. The van der Waals surface area contributed by atoms with E-state index in [0.29, 0.717) is 10.9 Å². The monoisotopic (exact) mass is 281 g/mol. The fourth-order valence-corrected chi connectivity index (χ4v) is 2.95. The molecular formula is C15H20ClNO2. The summed E-state index contributed by atoms with van der Waals surface area (Å²) >= 11 is 6.34. The van der Waals surface area contributed by atoms with E-state index in [1.807, 2.05) is 18.2 Å². The molecule has 0 bridgehead atoms. The second-order valence-electron chi connectivity index (χ2n) is 5.42. The van der Waals surface area contributed by atoms with E-state index in [9.17, 15) is 4.79 Å². The molecule has 0 radical (unpaired) electrons. The molecule has 1 fully saturated rings. The highest BCUT2D eigenvalue weighted by molar-refractivity contribution is 6.31. The van der Waals surface area contributed by atoms with Crippen molar-refractivity contribution in [2.24, 2.45) is 0 Å². The van der Waals surface area contributed by atoms with E-state index in [2.05, 4.69) is 11.9 Å². The number of benzene rings is 1. The Morgan fingerprint density at radius 2 is 2.05 bits per heavy atom. The molecule has 1 aromatic carbocycles. The zero-order valence-corrected chi connectivity index (χ0v) is 12.2. The Morgan fingerprint density at radius 1 is 1.42 bits per heavy atom. The van der Waals surface area contributed by atoms with Gasteiger partial charge in [-0.05, 0) is 63.0 Å². The third kappa shape index (κ3) is 3.28. The summed E-state index contributed by atoms with van der Waals surface area (Å²) < 4.78 is 0. The quantitative estimate of drug-likeness (QED) is 0.924. The average molecular weight is 282 g/mol. The van der Waals surface area contributed by atoms with Crippen LogP contribution in [0.2, 0.25) is 5.02 Å². The minimum absolute atomic E-state index is 0.498. The number of halogens is 1. The van der Waals surface area contributed by atoms with E-state index in [0.717, 1.165) is 37.1 Å². The van der Waals surface area contributed by atoms with Crippen LogP contribution in [0.4, 0.5) is 0 Å². The van der Waals surface area contributed by atoms with Gasteiger partial charge in [-0.3, -0.25) is 4.79 Å². The van der Waals surface area contributed by atoms with Crippen molar-refractivity contribution < 1.29 is 9.90 Å². The number of carboxylic acids is 1. The van der Waals surface area contributed by atoms with Gasteiger partial charge in [0.25, 0.3) is 0 Å². The highest BCUT2D eigenvalue weighted by atomic mass is 35.5. The maximum atomic E-state index is 11.0. The van der Waals surface area contributed by atoms with Crippen LogP contribution in [0.25, 0.3) is 0 Å². The Labute approximate surface area is 119 Å². The lowest BCUT2D eigenvalue weighted by Crippen LogP contribution is -2.29. The Morgan fingerprint density at radius 3 is 2.58 bits per heavy atom. The lowest BCUT2D eigenvalue weighted by molar-refractivity contribution is -0.138. The fourth-order valence-electron chi connectivity index (χ4n) is 2.61. The Bertz CT molecular complexity index is 467. The van der Waals surface area contributed by atoms with Crippen LogP contribution in [0, 0.1) is 0 Å². The minimum Gasteiger partial charge on any atom is -0.481 e. The van der Waals surface area contributed by atoms with Crippen LogP contribution in [-0.2, 0) is 4.79 Å². The van der Waals surface area contributed by atoms with E-state index < -0.39 is 11.9 Å². The molecule has 19 heavy (non-hydrogen) atoms. The number of hydrogen-bond acceptors (Lipinski definition) is 2. The molecule has 3 nitrogen and oxygen atoms in total. The Hall–Kier alpha value is -1.06. The minimum atomic E-state index is -0.817. The number of carbonyl (C=O) groups is 1. The molecule has 0 aromatic heterocycles. The van der Waals surface area contributed by atoms with Gasteiger partial charge in [-0.1, -0.05) is 23.7 Å². The summed E-state index contributed by atoms with van der Waals surface area (Å²) in [4.78, 5) is 13.3. The van der Waals surface area contributed by atoms with Crippen molar-refractivity contribution >= 4 is 17.6 Å². The molecule has 0 amide bonds. The summed E-state index contributed by atoms with van der Waals surface area (Å²) in [6.45, 7) is 3.87. The summed E-state index contributed by atoms with van der Waals surface area (Å²) in [6, 6.07) is 5.72. The van der Waals surface area contributed by atoms with Gasteiger partial charge < -0.3 is 10.0 Å². The third-order valence-corrected chi connectivity index (χ3v) is 4.38. The molecule has 1 saturated heterocycles. The third-order valence-electron chi connectivity index (χ3n) is 4.05. The number of piperidine rings is 1. The van der Waals surface area contributed by atoms with Gasteiger partial charge in [0.15, 0.2) is 0 Å². The van der Waals surface area contributed by atoms with Gasteiger partial charge in [0, 0.05) is 5.02 Å². The van der Waals surface area contributed by atoms with E-state index in [1.165, 1.54) is 0 Å². The number of aliphatic carboxylic acids is 1. The van der Waals surface area contributed by atoms with Crippen molar-refractivity contribution in [1.29, 1.82) is 0 Å². The number of hydrogen-bond donors (Lipinski definition) is 1. The lowest BCUT2D eigenvalue weighted by atomic mass is 9.88. The maximum absolute atomic E-state index is 11.0. The van der Waals surface area contributed by atoms with E-state index in [-0.39, 0.29) is 0 Å². The summed E-state index contributed by atoms with van der Waals surface area (Å²) in [7, 11) is 2.13. The molecule has 1 atom stereocenters. The topological polar surface area (TPSA) is 40.5 Å². The van der Waals surface area contributed by atoms with Gasteiger partial charge in [0.2, 0.25) is 0 Å². The van der Waals surface area contributed by atoms with Crippen molar-refractivity contribution in [2.75, 3.05) is 20.1 Å². The van der Waals surface area contributed by atoms with Gasteiger partial charge in [-0.15, -0.1) is 0 Å². The summed E-state index contributed by atoms with van der Waals surface area (Å²) in [5.74, 6) is -0.829. The molecule has 1 aliphatic rings. The molecule has 1 unspecified atom stereocenters. The van der Waals surface area contributed by atoms with Crippen molar-refractivity contribution in [3.05, 3.63) is 34.3 Å².